The highest BCUT2D eigenvalue weighted by atomic mass is 32.2. The predicted octanol–water partition coefficient (Wildman–Crippen LogP) is 2.97. The van der Waals surface area contributed by atoms with Crippen molar-refractivity contribution in [3.05, 3.63) is 58.1 Å². The van der Waals surface area contributed by atoms with Crippen LogP contribution in [0, 0.1) is 10.1 Å². The third-order valence-corrected chi connectivity index (χ3v) is 5.64. The number of rotatable bonds is 12. The van der Waals surface area contributed by atoms with Gasteiger partial charge in [-0.3, -0.25) is 14.9 Å². The summed E-state index contributed by atoms with van der Waals surface area (Å²) in [4.78, 5) is 22.4. The Balaban J connectivity index is 1.80. The Bertz CT molecular complexity index is 1070. The number of sulfonamides is 1. The number of aryl methyl sites for hydroxylation is 1. The smallest absolute Gasteiger partial charge is 0.293 e. The van der Waals surface area contributed by atoms with Crippen LogP contribution in [0.5, 0.6) is 5.75 Å². The molecule has 0 radical (unpaired) electrons. The molecule has 1 amide bonds. The Morgan fingerprint density at radius 1 is 1.15 bits per heavy atom. The van der Waals surface area contributed by atoms with Gasteiger partial charge in [-0.2, -0.15) is 0 Å². The number of primary sulfonamides is 1. The van der Waals surface area contributed by atoms with Crippen molar-refractivity contribution in [2.24, 2.45) is 5.14 Å². The zero-order valence-electron chi connectivity index (χ0n) is 18.9. The lowest BCUT2D eigenvalue weighted by molar-refractivity contribution is -0.384. The number of nitrogens with zero attached hydrogens (tertiary/aromatic N) is 1. The first-order chi connectivity index (χ1) is 15.5. The van der Waals surface area contributed by atoms with Gasteiger partial charge in [-0.25, -0.2) is 13.6 Å². The van der Waals surface area contributed by atoms with Gasteiger partial charge in [0.2, 0.25) is 15.9 Å². The van der Waals surface area contributed by atoms with Gasteiger partial charge in [0.05, 0.1) is 15.9 Å². The van der Waals surface area contributed by atoms with E-state index in [1.807, 2.05) is 45.0 Å². The van der Waals surface area contributed by atoms with Gasteiger partial charge < -0.3 is 15.4 Å². The van der Waals surface area contributed by atoms with E-state index in [1.165, 1.54) is 12.1 Å². The maximum atomic E-state index is 12.2. The van der Waals surface area contributed by atoms with Gasteiger partial charge in [-0.15, -0.1) is 0 Å². The van der Waals surface area contributed by atoms with E-state index in [2.05, 4.69) is 10.6 Å². The van der Waals surface area contributed by atoms with Crippen LogP contribution in [-0.4, -0.2) is 37.9 Å². The Kier molecular flexibility index (Phi) is 9.18. The molecule has 10 nitrogen and oxygen atoms in total. The van der Waals surface area contributed by atoms with Crippen LogP contribution in [0.3, 0.4) is 0 Å². The Morgan fingerprint density at radius 3 is 2.39 bits per heavy atom. The summed E-state index contributed by atoms with van der Waals surface area (Å²) in [7, 11) is -4.06. The van der Waals surface area contributed by atoms with Crippen LogP contribution < -0.4 is 20.5 Å². The lowest BCUT2D eigenvalue weighted by atomic mass is 10.1. The fourth-order valence-electron chi connectivity index (χ4n) is 3.11. The minimum atomic E-state index is -4.06. The lowest BCUT2D eigenvalue weighted by Gasteiger charge is -2.15. The zero-order chi connectivity index (χ0) is 24.6. The largest absolute Gasteiger partial charge is 0.491 e. The molecule has 11 heteroatoms. The number of hydrogen-bond acceptors (Lipinski definition) is 7. The number of nitro groups is 1. The molecule has 0 saturated carbocycles. The van der Waals surface area contributed by atoms with Crippen molar-refractivity contribution < 1.29 is 22.9 Å². The van der Waals surface area contributed by atoms with E-state index in [1.54, 1.807) is 0 Å². The highest BCUT2D eigenvalue weighted by Gasteiger charge is 2.19. The van der Waals surface area contributed by atoms with E-state index < -0.39 is 20.6 Å². The molecule has 0 aliphatic carbocycles. The molecule has 0 fully saturated rings. The molecule has 0 aliphatic heterocycles. The maximum Gasteiger partial charge on any atom is 0.293 e. The van der Waals surface area contributed by atoms with Gasteiger partial charge in [-0.1, -0.05) is 12.1 Å². The summed E-state index contributed by atoms with van der Waals surface area (Å²) < 4.78 is 28.4. The van der Waals surface area contributed by atoms with Crippen LogP contribution in [0.1, 0.15) is 39.2 Å². The second-order valence-electron chi connectivity index (χ2n) is 7.98. The number of ether oxygens (including phenoxy) is 1. The number of nitrogens with two attached hydrogens (primary N) is 1. The third kappa shape index (κ3) is 8.70. The molecule has 2 aromatic carbocycles. The first kappa shape index (κ1) is 26.1. The van der Waals surface area contributed by atoms with E-state index in [9.17, 15) is 23.3 Å². The molecule has 1 atom stereocenters. The maximum absolute atomic E-state index is 12.2. The summed E-state index contributed by atoms with van der Waals surface area (Å²) in [6, 6.07) is 11.1. The van der Waals surface area contributed by atoms with Gasteiger partial charge in [0, 0.05) is 25.1 Å². The van der Waals surface area contributed by atoms with Crippen LogP contribution in [-0.2, 0) is 21.2 Å². The summed E-state index contributed by atoms with van der Waals surface area (Å²) in [5.74, 6) is 0.627. The first-order valence-corrected chi connectivity index (χ1v) is 12.1. The van der Waals surface area contributed by atoms with E-state index in [0.717, 1.165) is 30.2 Å². The predicted molar refractivity (Wildman–Crippen MR) is 126 cm³/mol. The van der Waals surface area contributed by atoms with Crippen molar-refractivity contribution in [3.8, 4) is 5.75 Å². The van der Waals surface area contributed by atoms with Crippen LogP contribution in [0.4, 0.5) is 11.4 Å². The fourth-order valence-corrected chi connectivity index (χ4v) is 3.64. The van der Waals surface area contributed by atoms with Crippen molar-refractivity contribution in [2.45, 2.75) is 57.1 Å². The van der Waals surface area contributed by atoms with Gasteiger partial charge in [0.25, 0.3) is 5.69 Å². The standard InChI is InChI=1S/C22H30N4O6S/c1-15(2)32-18-8-6-17(7-9-18)5-4-16(3)25-22(27)12-13-24-20-11-10-19(33(23,30)31)14-21(20)26(28)29/h6-11,14-16,24H,4-5,12-13H2,1-3H3,(H,25,27)(H2,23,30,31). The van der Waals surface area contributed by atoms with E-state index in [-0.39, 0.29) is 41.6 Å². The molecular formula is C22H30N4O6S. The minimum Gasteiger partial charge on any atom is -0.491 e. The summed E-state index contributed by atoms with van der Waals surface area (Å²) in [6.45, 7) is 6.00. The normalized spacial score (nSPS) is 12.3. The molecule has 0 aliphatic rings. The van der Waals surface area contributed by atoms with Crippen LogP contribution in [0.15, 0.2) is 47.4 Å². The molecule has 2 rings (SSSR count). The van der Waals surface area contributed by atoms with E-state index in [0.29, 0.717) is 0 Å². The summed E-state index contributed by atoms with van der Waals surface area (Å²) in [6.07, 6.45) is 1.77. The topological polar surface area (TPSA) is 154 Å². The summed E-state index contributed by atoms with van der Waals surface area (Å²) in [5.41, 5.74) is 0.822. The average molecular weight is 479 g/mol. The molecule has 4 N–H and O–H groups in total. The molecule has 0 bridgehead atoms. The van der Waals surface area contributed by atoms with Crippen LogP contribution in [0.25, 0.3) is 0 Å². The number of nitrogens with one attached hydrogen (secondary N) is 2. The monoisotopic (exact) mass is 478 g/mol. The number of carbonyl (C=O) groups is 1. The Morgan fingerprint density at radius 2 is 1.82 bits per heavy atom. The summed E-state index contributed by atoms with van der Waals surface area (Å²) in [5, 5.41) is 22.0. The Labute approximate surface area is 193 Å². The first-order valence-electron chi connectivity index (χ1n) is 10.6. The van der Waals surface area contributed by atoms with Gasteiger partial charge in [-0.05, 0) is 63.4 Å². The van der Waals surface area contributed by atoms with Crippen molar-refractivity contribution >= 4 is 27.3 Å². The average Bonchev–Trinajstić information content (AvgIpc) is 2.72. The second-order valence-corrected chi connectivity index (χ2v) is 9.54. The highest BCUT2D eigenvalue weighted by molar-refractivity contribution is 7.89. The highest BCUT2D eigenvalue weighted by Crippen LogP contribution is 2.27. The molecular weight excluding hydrogens is 448 g/mol. The lowest BCUT2D eigenvalue weighted by Crippen LogP contribution is -2.33. The van der Waals surface area contributed by atoms with Crippen molar-refractivity contribution in [1.29, 1.82) is 0 Å². The molecule has 0 heterocycles. The quantitative estimate of drug-likeness (QED) is 0.313. The number of amides is 1. The minimum absolute atomic E-state index is 0.0486. The Hall–Kier alpha value is -3.18. The summed E-state index contributed by atoms with van der Waals surface area (Å²) >= 11 is 0. The van der Waals surface area contributed by atoms with Gasteiger partial charge in [0.1, 0.15) is 11.4 Å². The van der Waals surface area contributed by atoms with E-state index in [4.69, 9.17) is 9.88 Å². The van der Waals surface area contributed by atoms with Gasteiger partial charge in [0.15, 0.2) is 0 Å². The van der Waals surface area contributed by atoms with Crippen molar-refractivity contribution in [3.63, 3.8) is 0 Å². The van der Waals surface area contributed by atoms with E-state index >= 15 is 0 Å². The molecule has 0 aromatic heterocycles. The zero-order valence-corrected chi connectivity index (χ0v) is 19.7. The molecule has 180 valence electrons. The number of carbonyl (C=O) groups excluding carboxylic acids is 1. The second kappa shape index (κ2) is 11.6. The number of benzene rings is 2. The molecule has 1 unspecified atom stereocenters. The number of anilines is 1. The number of hydrogen-bond donors (Lipinski definition) is 3. The molecule has 33 heavy (non-hydrogen) atoms. The van der Waals surface area contributed by atoms with Crippen molar-refractivity contribution in [2.75, 3.05) is 11.9 Å². The fraction of sp³-hybridized carbons (Fsp3) is 0.409. The van der Waals surface area contributed by atoms with Crippen molar-refractivity contribution in [1.82, 2.24) is 5.32 Å². The van der Waals surface area contributed by atoms with Crippen LogP contribution >= 0.6 is 0 Å². The van der Waals surface area contributed by atoms with Crippen LogP contribution in [0.2, 0.25) is 0 Å². The molecule has 0 saturated heterocycles. The van der Waals surface area contributed by atoms with Gasteiger partial charge >= 0.3 is 0 Å². The molecule has 0 spiro atoms. The number of nitro benzene ring substituents is 1. The SMILES string of the molecule is CC(CCc1ccc(OC(C)C)cc1)NC(=O)CCNc1ccc(S(N)(=O)=O)cc1[N+](=O)[O-]. The third-order valence-electron chi connectivity index (χ3n) is 4.73. The molecule has 2 aromatic rings.